The molecule has 0 aromatic heterocycles. The number of hydrogen-bond acceptors (Lipinski definition) is 14. The van der Waals surface area contributed by atoms with Crippen molar-refractivity contribution >= 4 is 36.0 Å². The summed E-state index contributed by atoms with van der Waals surface area (Å²) in [6, 6.07) is 83.3. The van der Waals surface area contributed by atoms with Gasteiger partial charge in [-0.2, -0.15) is 0 Å². The molecule has 0 atom stereocenters. The molecule has 10 aromatic rings. The Kier molecular flexibility index (Phi) is 45.0. The van der Waals surface area contributed by atoms with Crippen LogP contribution in [0, 0.1) is 43.4 Å². The average Bonchev–Trinajstić information content (AvgIpc) is 0.860. The number of aryl methyl sites for hydroxylation is 2. The summed E-state index contributed by atoms with van der Waals surface area (Å²) in [4.78, 5) is 44.2. The van der Waals surface area contributed by atoms with Crippen molar-refractivity contribution in [2.75, 3.05) is 40.4 Å². The number of carbonyl (C=O) groups is 4. The van der Waals surface area contributed by atoms with Gasteiger partial charge in [-0.25, -0.2) is 19.2 Å². The Bertz CT molecular complexity index is 5120. The summed E-state index contributed by atoms with van der Waals surface area (Å²) in [6.07, 6.45) is 32.2. The van der Waals surface area contributed by atoms with Crippen molar-refractivity contribution in [3.05, 3.63) is 383 Å². The minimum atomic E-state index is -0.494. The van der Waals surface area contributed by atoms with E-state index in [1.54, 1.807) is 13.8 Å². The summed E-state index contributed by atoms with van der Waals surface area (Å²) < 4.78 is 52.5. The lowest BCUT2D eigenvalue weighted by Crippen LogP contribution is -2.14. The number of benzene rings is 10. The van der Waals surface area contributed by atoms with Crippen LogP contribution in [-0.2, 0) is 70.2 Å². The Morgan fingerprint density at radius 3 is 0.805 bits per heavy atom. The number of rotatable bonds is 35. The van der Waals surface area contributed by atoms with Gasteiger partial charge in [-0.15, -0.1) is 0 Å². The summed E-state index contributed by atoms with van der Waals surface area (Å²) in [5.74, 6) is 9.44. The van der Waals surface area contributed by atoms with Gasteiger partial charge in [0.05, 0.1) is 13.2 Å². The fraction of sp³-hybridized carbons (Fsp3) is 0.361. The van der Waals surface area contributed by atoms with Crippen LogP contribution in [0.5, 0.6) is 34.5 Å². The van der Waals surface area contributed by atoms with Crippen molar-refractivity contribution in [2.24, 2.45) is 29.6 Å². The predicted molar refractivity (Wildman–Crippen MR) is 540 cm³/mol. The molecule has 0 saturated heterocycles. The predicted octanol–water partition coefficient (Wildman–Crippen LogP) is 28.7. The van der Waals surface area contributed by atoms with Gasteiger partial charge in [0.15, 0.2) is 0 Å². The van der Waals surface area contributed by atoms with E-state index in [2.05, 4.69) is 251 Å². The van der Waals surface area contributed by atoms with E-state index >= 15 is 0 Å². The van der Waals surface area contributed by atoms with Gasteiger partial charge in [-0.3, -0.25) is 0 Å². The van der Waals surface area contributed by atoms with E-state index in [-0.39, 0.29) is 27.2 Å². The Hall–Kier alpha value is -12.7. The Labute approximate surface area is 793 Å². The molecule has 0 N–H and O–H groups in total. The highest BCUT2D eigenvalue weighted by molar-refractivity contribution is 5.87. The van der Waals surface area contributed by atoms with Crippen molar-refractivity contribution in [1.82, 2.24) is 0 Å². The molecule has 4 fully saturated rings. The third-order valence-electron chi connectivity index (χ3n) is 25.1. The Morgan fingerprint density at radius 2 is 0.534 bits per heavy atom. The average molecular weight is 1800 g/mol. The number of hydrogen-bond donors (Lipinski definition) is 0. The molecule has 14 rings (SSSR count). The molecule has 4 aliphatic rings. The number of ether oxygens (including phenoxy) is 10. The molecular weight excluding hydrogens is 1650 g/mol. The molecule has 14 nitrogen and oxygen atoms in total. The normalized spacial score (nSPS) is 17.5. The van der Waals surface area contributed by atoms with Gasteiger partial charge in [-0.05, 0) is 285 Å². The molecule has 133 heavy (non-hydrogen) atoms. The maximum absolute atomic E-state index is 11.2. The minimum absolute atomic E-state index is 0.0774. The van der Waals surface area contributed by atoms with E-state index in [1.165, 1.54) is 176 Å². The first-order valence-electron chi connectivity index (χ1n) is 47.5. The SMILES string of the molecule is C=C(C)C(=O)OCOc1ccc(C2CCC(C)CC2)cc1.C=C(C)C(=O)OCOc1ccc(Cc2ccc(C)cc2)cc1.C=CC(=O)OCOc1ccc(C2CCC(C)CC2)cc1.C=CC(=O)OCOc1ccc(Cc2ccc(C)cc2)cc1.C=Cc1ccc(CCOc2ccc(C3CCC(C)CC3)cc2)cc1.C=Cc1ccc(CCOc2ccc(CC3CCC(C)CC3)cc2)cc1. The molecular formula is C119H142O14. The fourth-order valence-corrected chi connectivity index (χ4v) is 16.4. The first kappa shape index (κ1) is 104. The summed E-state index contributed by atoms with van der Waals surface area (Å²) in [7, 11) is 0. The molecule has 0 aliphatic heterocycles. The zero-order valence-corrected chi connectivity index (χ0v) is 80.1. The van der Waals surface area contributed by atoms with Crippen LogP contribution in [0.3, 0.4) is 0 Å². The zero-order chi connectivity index (χ0) is 94.9. The second-order valence-corrected chi connectivity index (χ2v) is 36.1. The molecule has 4 aliphatic carbocycles. The Morgan fingerprint density at radius 1 is 0.293 bits per heavy atom. The number of esters is 4. The van der Waals surface area contributed by atoms with Crippen LogP contribution in [0.4, 0.5) is 0 Å². The lowest BCUT2D eigenvalue weighted by Gasteiger charge is -2.26. The molecule has 0 heterocycles. The van der Waals surface area contributed by atoms with Crippen molar-refractivity contribution in [3.63, 3.8) is 0 Å². The fourth-order valence-electron chi connectivity index (χ4n) is 16.4. The standard InChI is InChI=1S/C24H30O.C23H28O.C19H20O3.C18H24O3.C18H18O3.C17H22O3/c1-3-20-8-10-21(11-9-20)16-17-25-24-14-12-23(13-15-24)18-22-6-4-19(2)5-7-22;1-3-19-6-8-20(9-7-19)16-17-24-23-14-12-22(13-15-23)21-10-4-18(2)5-11-21;1-14(2)19(20)22-13-21-18-10-8-17(9-11-18)12-16-6-4-15(3)5-7-16;1-13(2)18(19)21-12-20-17-10-8-16(9-11-17)15-6-4-14(3)5-7-15;1-3-18(19)21-13-20-17-10-8-16(9-11-17)12-15-6-4-14(2)5-7-15;1-3-17(18)20-12-19-16-10-8-15(9-11-16)14-6-4-13(2)5-7-14/h3,8-15,19,22H,1,4-7,16-18H2,2H3;3,6-9,12-15,18,21H,1,4-5,10-11,16-17H2,2H3;4-11H,1,12-13H2,2-3H3;8-11,14-15H,1,4-7,12H2,2-3H3;3-11H,1,12-13H2,2H3;3,8-11,13-14H,1,4-7,12H2,2H3. The maximum atomic E-state index is 11.2. The second-order valence-electron chi connectivity index (χ2n) is 36.1. The summed E-state index contributed by atoms with van der Waals surface area (Å²) in [6.45, 7) is 39.1. The highest BCUT2D eigenvalue weighted by Crippen LogP contribution is 2.40. The van der Waals surface area contributed by atoms with E-state index in [0.29, 0.717) is 47.7 Å². The van der Waals surface area contributed by atoms with Crippen LogP contribution in [0.25, 0.3) is 12.2 Å². The van der Waals surface area contributed by atoms with Crippen LogP contribution >= 0.6 is 0 Å². The van der Waals surface area contributed by atoms with Crippen LogP contribution in [-0.4, -0.2) is 64.3 Å². The van der Waals surface area contributed by atoms with E-state index in [9.17, 15) is 19.2 Å². The van der Waals surface area contributed by atoms with Gasteiger partial charge in [0, 0.05) is 36.1 Å². The third kappa shape index (κ3) is 39.7. The van der Waals surface area contributed by atoms with Gasteiger partial charge >= 0.3 is 23.9 Å². The van der Waals surface area contributed by atoms with Gasteiger partial charge in [-0.1, -0.05) is 312 Å². The highest BCUT2D eigenvalue weighted by atomic mass is 16.7. The molecule has 0 unspecified atom stereocenters. The smallest absolute Gasteiger partial charge is 0.335 e. The van der Waals surface area contributed by atoms with Crippen LogP contribution < -0.4 is 28.4 Å². The van der Waals surface area contributed by atoms with Gasteiger partial charge < -0.3 is 47.4 Å². The Balaban J connectivity index is 0.000000180. The van der Waals surface area contributed by atoms with Crippen LogP contribution in [0.15, 0.2) is 305 Å². The topological polar surface area (TPSA) is 161 Å². The van der Waals surface area contributed by atoms with E-state index in [0.717, 1.165) is 107 Å². The molecule has 0 bridgehead atoms. The van der Waals surface area contributed by atoms with Gasteiger partial charge in [0.25, 0.3) is 0 Å². The van der Waals surface area contributed by atoms with Crippen molar-refractivity contribution in [3.8, 4) is 34.5 Å². The largest absolute Gasteiger partial charge is 0.493 e. The maximum Gasteiger partial charge on any atom is 0.335 e. The van der Waals surface area contributed by atoms with Gasteiger partial charge in [0.1, 0.15) is 34.5 Å². The number of carbonyl (C=O) groups excluding carboxylic acids is 4. The van der Waals surface area contributed by atoms with E-state index < -0.39 is 23.9 Å². The molecule has 4 saturated carbocycles. The zero-order valence-electron chi connectivity index (χ0n) is 80.1. The van der Waals surface area contributed by atoms with Crippen LogP contribution in [0.2, 0.25) is 0 Å². The summed E-state index contributed by atoms with van der Waals surface area (Å²) in [5, 5.41) is 0. The molecule has 0 amide bonds. The van der Waals surface area contributed by atoms with E-state index in [1.807, 2.05) is 84.9 Å². The monoisotopic (exact) mass is 1800 g/mol. The summed E-state index contributed by atoms with van der Waals surface area (Å²) >= 11 is 0. The lowest BCUT2D eigenvalue weighted by molar-refractivity contribution is -0.146. The first-order chi connectivity index (χ1) is 64.4. The molecule has 10 aromatic carbocycles. The lowest BCUT2D eigenvalue weighted by atomic mass is 9.79. The summed E-state index contributed by atoms with van der Waals surface area (Å²) in [5.41, 5.74) is 18.8. The molecule has 0 spiro atoms. The quantitative estimate of drug-likeness (QED) is 0.0160. The van der Waals surface area contributed by atoms with E-state index in [4.69, 9.17) is 47.4 Å². The van der Waals surface area contributed by atoms with Crippen molar-refractivity contribution in [1.29, 1.82) is 0 Å². The molecule has 0 radical (unpaired) electrons. The molecule has 14 heteroatoms. The van der Waals surface area contributed by atoms with Gasteiger partial charge in [0.2, 0.25) is 27.2 Å². The second kappa shape index (κ2) is 57.6. The van der Waals surface area contributed by atoms with Crippen molar-refractivity contribution in [2.45, 2.75) is 208 Å². The third-order valence-corrected chi connectivity index (χ3v) is 25.1. The molecule has 702 valence electrons. The highest BCUT2D eigenvalue weighted by Gasteiger charge is 2.24. The van der Waals surface area contributed by atoms with Crippen LogP contribution in [0.1, 0.15) is 240 Å². The van der Waals surface area contributed by atoms with Crippen molar-refractivity contribution < 1.29 is 66.5 Å². The first-order valence-corrected chi connectivity index (χ1v) is 47.5. The minimum Gasteiger partial charge on any atom is -0.493 e.